The van der Waals surface area contributed by atoms with Gasteiger partial charge < -0.3 is 9.84 Å². The molecule has 1 heterocycles. The van der Waals surface area contributed by atoms with Gasteiger partial charge in [0.2, 0.25) is 0 Å². The van der Waals surface area contributed by atoms with E-state index in [1.54, 1.807) is 0 Å². The van der Waals surface area contributed by atoms with E-state index in [2.05, 4.69) is 0 Å². The summed E-state index contributed by atoms with van der Waals surface area (Å²) in [6, 6.07) is 0. The Morgan fingerprint density at radius 1 is 1.70 bits per heavy atom. The van der Waals surface area contributed by atoms with Crippen molar-refractivity contribution in [1.29, 1.82) is 0 Å². The number of Topliss-reactive ketones (excluding diaryl/α,β-unsaturated/α-hetero) is 1. The third kappa shape index (κ3) is 0.707. The highest BCUT2D eigenvalue weighted by Crippen LogP contribution is 2.37. The van der Waals surface area contributed by atoms with Gasteiger partial charge in [-0.2, -0.15) is 0 Å². The van der Waals surface area contributed by atoms with Crippen LogP contribution < -0.4 is 0 Å². The minimum atomic E-state index is -0.414. The van der Waals surface area contributed by atoms with Gasteiger partial charge in [0, 0.05) is 6.42 Å². The Balaban J connectivity index is 2.12. The van der Waals surface area contributed by atoms with Crippen LogP contribution in [0.15, 0.2) is 0 Å². The van der Waals surface area contributed by atoms with Crippen molar-refractivity contribution in [2.45, 2.75) is 31.7 Å². The van der Waals surface area contributed by atoms with Gasteiger partial charge >= 0.3 is 0 Å². The van der Waals surface area contributed by atoms with Gasteiger partial charge in [0.15, 0.2) is 5.78 Å². The van der Waals surface area contributed by atoms with Crippen LogP contribution in [0.3, 0.4) is 0 Å². The van der Waals surface area contributed by atoms with E-state index in [1.165, 1.54) is 0 Å². The molecule has 0 radical (unpaired) electrons. The molecule has 0 aromatic carbocycles. The minimum Gasteiger partial charge on any atom is -0.390 e. The van der Waals surface area contributed by atoms with Crippen molar-refractivity contribution in [3.63, 3.8) is 0 Å². The Hall–Kier alpha value is -0.410. The Morgan fingerprint density at radius 3 is 3.10 bits per heavy atom. The second kappa shape index (κ2) is 1.80. The zero-order valence-electron chi connectivity index (χ0n) is 5.78. The minimum absolute atomic E-state index is 0.0799. The lowest BCUT2D eigenvalue weighted by Crippen LogP contribution is -2.34. The molecule has 1 saturated heterocycles. The molecule has 0 aromatic heterocycles. The van der Waals surface area contributed by atoms with Crippen molar-refractivity contribution in [3.05, 3.63) is 0 Å². The topological polar surface area (TPSA) is 49.8 Å². The number of rotatable bonds is 0. The van der Waals surface area contributed by atoms with Crippen LogP contribution in [0.2, 0.25) is 0 Å². The van der Waals surface area contributed by atoms with Crippen LogP contribution in [0.4, 0.5) is 0 Å². The van der Waals surface area contributed by atoms with Crippen molar-refractivity contribution in [1.82, 2.24) is 0 Å². The van der Waals surface area contributed by atoms with Crippen molar-refractivity contribution in [2.24, 2.45) is 5.92 Å². The Morgan fingerprint density at radius 2 is 2.40 bits per heavy atom. The second-order valence-electron chi connectivity index (χ2n) is 3.16. The molecule has 1 N–H and O–H groups in total. The van der Waals surface area contributed by atoms with Crippen molar-refractivity contribution >= 4 is 5.78 Å². The molecule has 1 saturated carbocycles. The third-order valence-electron chi connectivity index (χ3n) is 2.29. The zero-order chi connectivity index (χ0) is 7.30. The predicted molar refractivity (Wildman–Crippen MR) is 33.5 cm³/mol. The van der Waals surface area contributed by atoms with E-state index in [-0.39, 0.29) is 23.9 Å². The normalized spacial score (nSPS) is 52.4. The summed E-state index contributed by atoms with van der Waals surface area (Å²) in [6.07, 6.45) is -0.368. The number of carbonyl (C=O) groups is 1. The van der Waals surface area contributed by atoms with Crippen LogP contribution in [0.5, 0.6) is 0 Å². The maximum atomic E-state index is 11.0. The average Bonchev–Trinajstić information content (AvgIpc) is 2.61. The standard InChI is InChI=1S/C7H10O3/c1-3-2-4(8)6-7(10-6)5(3)9/h3,5-7,9H,2H2,1H3. The maximum absolute atomic E-state index is 11.0. The highest BCUT2D eigenvalue weighted by molar-refractivity contribution is 5.87. The SMILES string of the molecule is CC1CC(=O)C2OC2C1O. The number of hydrogen-bond donors (Lipinski definition) is 1. The van der Waals surface area contributed by atoms with E-state index in [4.69, 9.17) is 4.74 Å². The van der Waals surface area contributed by atoms with Gasteiger partial charge in [0.05, 0.1) is 6.10 Å². The number of aliphatic hydroxyl groups excluding tert-OH is 1. The largest absolute Gasteiger partial charge is 0.390 e. The molecule has 2 fully saturated rings. The number of epoxide rings is 1. The summed E-state index contributed by atoms with van der Waals surface area (Å²) in [5.74, 6) is 0.235. The van der Waals surface area contributed by atoms with Crippen molar-refractivity contribution in [2.75, 3.05) is 0 Å². The van der Waals surface area contributed by atoms with E-state index in [0.717, 1.165) is 0 Å². The molecule has 0 amide bonds. The molecular formula is C7H10O3. The molecule has 0 spiro atoms. The lowest BCUT2D eigenvalue weighted by Gasteiger charge is -2.18. The van der Waals surface area contributed by atoms with Gasteiger partial charge in [-0.15, -0.1) is 0 Å². The maximum Gasteiger partial charge on any atom is 0.164 e. The summed E-state index contributed by atoms with van der Waals surface area (Å²) >= 11 is 0. The molecule has 4 atom stereocenters. The monoisotopic (exact) mass is 142 g/mol. The van der Waals surface area contributed by atoms with E-state index >= 15 is 0 Å². The zero-order valence-corrected chi connectivity index (χ0v) is 5.78. The predicted octanol–water partition coefficient (Wildman–Crippen LogP) is -0.276. The van der Waals surface area contributed by atoms with Crippen molar-refractivity contribution in [3.8, 4) is 0 Å². The molecule has 3 nitrogen and oxygen atoms in total. The molecule has 56 valence electrons. The molecule has 1 aliphatic heterocycles. The van der Waals surface area contributed by atoms with Gasteiger partial charge in [-0.3, -0.25) is 4.79 Å². The number of fused-ring (bicyclic) bond motifs is 1. The highest BCUT2D eigenvalue weighted by Gasteiger charge is 2.54. The van der Waals surface area contributed by atoms with Crippen LogP contribution in [-0.2, 0) is 9.53 Å². The van der Waals surface area contributed by atoms with E-state index in [9.17, 15) is 9.90 Å². The molecule has 2 aliphatic rings. The van der Waals surface area contributed by atoms with Crippen LogP contribution in [-0.4, -0.2) is 29.2 Å². The number of aliphatic hydroxyl groups is 1. The average molecular weight is 142 g/mol. The number of hydrogen-bond acceptors (Lipinski definition) is 3. The first-order valence-corrected chi connectivity index (χ1v) is 3.56. The first-order valence-electron chi connectivity index (χ1n) is 3.56. The van der Waals surface area contributed by atoms with Gasteiger partial charge in [-0.05, 0) is 5.92 Å². The van der Waals surface area contributed by atoms with Crippen LogP contribution in [0.25, 0.3) is 0 Å². The van der Waals surface area contributed by atoms with E-state index in [0.29, 0.717) is 6.42 Å². The number of carbonyl (C=O) groups excluding carboxylic acids is 1. The molecule has 0 bridgehead atoms. The Bertz CT molecular complexity index is 176. The Kier molecular flexibility index (Phi) is 1.13. The van der Waals surface area contributed by atoms with Crippen LogP contribution in [0.1, 0.15) is 13.3 Å². The fraction of sp³-hybridized carbons (Fsp3) is 0.857. The van der Waals surface area contributed by atoms with Gasteiger partial charge in [-0.1, -0.05) is 6.92 Å². The third-order valence-corrected chi connectivity index (χ3v) is 2.29. The summed E-state index contributed by atoms with van der Waals surface area (Å²) in [7, 11) is 0. The molecule has 10 heavy (non-hydrogen) atoms. The summed E-state index contributed by atoms with van der Waals surface area (Å²) in [5.41, 5.74) is 0. The summed E-state index contributed by atoms with van der Waals surface area (Å²) in [4.78, 5) is 11.0. The van der Waals surface area contributed by atoms with Crippen LogP contribution in [0, 0.1) is 5.92 Å². The lowest BCUT2D eigenvalue weighted by atomic mass is 9.87. The smallest absolute Gasteiger partial charge is 0.164 e. The molecule has 2 rings (SSSR count). The van der Waals surface area contributed by atoms with Crippen molar-refractivity contribution < 1.29 is 14.6 Å². The molecule has 4 unspecified atom stereocenters. The molecule has 1 aliphatic carbocycles. The van der Waals surface area contributed by atoms with Gasteiger partial charge in [-0.25, -0.2) is 0 Å². The molecule has 0 aromatic rings. The summed E-state index contributed by atoms with van der Waals surface area (Å²) in [6.45, 7) is 1.88. The first kappa shape index (κ1) is 6.31. The number of ketones is 1. The lowest BCUT2D eigenvalue weighted by molar-refractivity contribution is -0.122. The van der Waals surface area contributed by atoms with Crippen LogP contribution >= 0.6 is 0 Å². The fourth-order valence-corrected chi connectivity index (χ4v) is 1.52. The summed E-state index contributed by atoms with van der Waals surface area (Å²) in [5, 5.41) is 9.33. The fourth-order valence-electron chi connectivity index (χ4n) is 1.52. The van der Waals surface area contributed by atoms with E-state index < -0.39 is 6.10 Å². The Labute approximate surface area is 59.0 Å². The second-order valence-corrected chi connectivity index (χ2v) is 3.16. The number of ether oxygens (including phenoxy) is 1. The molecular weight excluding hydrogens is 132 g/mol. The highest BCUT2D eigenvalue weighted by atomic mass is 16.6. The molecule has 3 heteroatoms. The van der Waals surface area contributed by atoms with Gasteiger partial charge in [0.25, 0.3) is 0 Å². The quantitative estimate of drug-likeness (QED) is 0.473. The van der Waals surface area contributed by atoms with Gasteiger partial charge in [0.1, 0.15) is 12.2 Å². The summed E-state index contributed by atoms with van der Waals surface area (Å²) < 4.78 is 4.97. The van der Waals surface area contributed by atoms with E-state index in [1.807, 2.05) is 6.92 Å². The first-order chi connectivity index (χ1) is 4.70.